The number of hydrogen-bond acceptors (Lipinski definition) is 5. The van der Waals surface area contributed by atoms with Gasteiger partial charge in [0.2, 0.25) is 0 Å². The number of thioether (sulfide) groups is 1. The van der Waals surface area contributed by atoms with Crippen LogP contribution in [0.15, 0.2) is 53.7 Å². The maximum absolute atomic E-state index is 12.6. The maximum atomic E-state index is 12.6. The SMILES string of the molecule is O=C(OCc1cn2cc(Cl)ccc2n1)c1ccccc1SC[C@@H]1CCCO1. The predicted octanol–water partition coefficient (Wildman–Crippen LogP) is 4.62. The lowest BCUT2D eigenvalue weighted by Crippen LogP contribution is -2.10. The fourth-order valence-corrected chi connectivity index (χ4v) is 4.30. The normalized spacial score (nSPS) is 16.7. The van der Waals surface area contributed by atoms with Gasteiger partial charge in [-0.3, -0.25) is 0 Å². The molecule has 140 valence electrons. The van der Waals surface area contributed by atoms with Gasteiger partial charge >= 0.3 is 5.97 Å². The number of hydrogen-bond donors (Lipinski definition) is 0. The van der Waals surface area contributed by atoms with E-state index in [0.717, 1.165) is 35.7 Å². The molecule has 0 unspecified atom stereocenters. The van der Waals surface area contributed by atoms with Crippen molar-refractivity contribution in [1.82, 2.24) is 9.38 Å². The van der Waals surface area contributed by atoms with Gasteiger partial charge in [-0.1, -0.05) is 23.7 Å². The van der Waals surface area contributed by atoms with E-state index in [1.54, 1.807) is 30.1 Å². The Balaban J connectivity index is 1.41. The zero-order valence-electron chi connectivity index (χ0n) is 14.6. The summed E-state index contributed by atoms with van der Waals surface area (Å²) in [6, 6.07) is 11.1. The fourth-order valence-electron chi connectivity index (χ4n) is 3.02. The van der Waals surface area contributed by atoms with Crippen LogP contribution in [0.5, 0.6) is 0 Å². The van der Waals surface area contributed by atoms with Crippen molar-refractivity contribution in [2.24, 2.45) is 0 Å². The second-order valence-electron chi connectivity index (χ2n) is 6.36. The number of esters is 1. The number of ether oxygens (including phenoxy) is 2. The van der Waals surface area contributed by atoms with E-state index in [2.05, 4.69) is 4.98 Å². The van der Waals surface area contributed by atoms with Gasteiger partial charge in [-0.2, -0.15) is 0 Å². The molecule has 0 N–H and O–H groups in total. The van der Waals surface area contributed by atoms with Crippen LogP contribution in [0.2, 0.25) is 5.02 Å². The standard InChI is InChI=1S/C20H19ClN2O3S/c21-14-7-8-19-22-15(11-23(19)10-14)12-26-20(24)17-5-1-2-6-18(17)27-13-16-4-3-9-25-16/h1-2,5-8,10-11,16H,3-4,9,12-13H2/t16-/m0/s1. The van der Waals surface area contributed by atoms with Crippen LogP contribution >= 0.6 is 23.4 Å². The van der Waals surface area contributed by atoms with Crippen molar-refractivity contribution >= 4 is 35.0 Å². The smallest absolute Gasteiger partial charge is 0.339 e. The van der Waals surface area contributed by atoms with Crippen molar-refractivity contribution in [1.29, 1.82) is 0 Å². The van der Waals surface area contributed by atoms with Gasteiger partial charge in [0.1, 0.15) is 12.3 Å². The molecule has 1 aliphatic rings. The highest BCUT2D eigenvalue weighted by molar-refractivity contribution is 7.99. The molecule has 1 atom stereocenters. The first-order valence-corrected chi connectivity index (χ1v) is 10.2. The van der Waals surface area contributed by atoms with E-state index in [1.807, 2.05) is 34.9 Å². The Morgan fingerprint density at radius 1 is 1.30 bits per heavy atom. The van der Waals surface area contributed by atoms with Gasteiger partial charge in [-0.15, -0.1) is 11.8 Å². The van der Waals surface area contributed by atoms with Gasteiger partial charge in [0.25, 0.3) is 0 Å². The van der Waals surface area contributed by atoms with E-state index >= 15 is 0 Å². The first-order valence-electron chi connectivity index (χ1n) is 8.83. The van der Waals surface area contributed by atoms with Crippen LogP contribution < -0.4 is 0 Å². The topological polar surface area (TPSA) is 52.8 Å². The largest absolute Gasteiger partial charge is 0.455 e. The minimum absolute atomic E-state index is 0.114. The number of carbonyl (C=O) groups excluding carboxylic acids is 1. The summed E-state index contributed by atoms with van der Waals surface area (Å²) in [5.41, 5.74) is 2.01. The predicted molar refractivity (Wildman–Crippen MR) is 105 cm³/mol. The second-order valence-corrected chi connectivity index (χ2v) is 7.86. The number of rotatable bonds is 6. The van der Waals surface area contributed by atoms with Gasteiger partial charge < -0.3 is 13.9 Å². The van der Waals surface area contributed by atoms with Crippen LogP contribution in [0, 0.1) is 0 Å². The fraction of sp³-hybridized carbons (Fsp3) is 0.300. The van der Waals surface area contributed by atoms with Crippen molar-refractivity contribution in [3.05, 3.63) is 65.1 Å². The van der Waals surface area contributed by atoms with Gasteiger partial charge in [-0.05, 0) is 37.1 Å². The second kappa shape index (κ2) is 8.33. The molecular formula is C20H19ClN2O3S. The Hall–Kier alpha value is -2.02. The Labute approximate surface area is 166 Å². The molecule has 5 nitrogen and oxygen atoms in total. The first kappa shape index (κ1) is 18.3. The lowest BCUT2D eigenvalue weighted by Gasteiger charge is -2.11. The minimum atomic E-state index is -0.347. The summed E-state index contributed by atoms with van der Waals surface area (Å²) in [6.45, 7) is 0.946. The average molecular weight is 403 g/mol. The van der Waals surface area contributed by atoms with Crippen LogP contribution in [0.3, 0.4) is 0 Å². The number of benzene rings is 1. The van der Waals surface area contributed by atoms with Gasteiger partial charge in [0.05, 0.1) is 22.4 Å². The quantitative estimate of drug-likeness (QED) is 0.445. The molecule has 7 heteroatoms. The monoisotopic (exact) mass is 402 g/mol. The molecule has 0 saturated carbocycles. The zero-order chi connectivity index (χ0) is 18.6. The summed E-state index contributed by atoms with van der Waals surface area (Å²) >= 11 is 7.62. The van der Waals surface area contributed by atoms with E-state index < -0.39 is 0 Å². The van der Waals surface area contributed by atoms with E-state index in [0.29, 0.717) is 16.3 Å². The third-order valence-electron chi connectivity index (χ3n) is 4.37. The highest BCUT2D eigenvalue weighted by Gasteiger charge is 2.18. The first-order chi connectivity index (χ1) is 13.2. The summed E-state index contributed by atoms with van der Waals surface area (Å²) in [5.74, 6) is 0.498. The number of nitrogens with zero attached hydrogens (tertiary/aromatic N) is 2. The van der Waals surface area contributed by atoms with Crippen LogP contribution in [0.1, 0.15) is 28.9 Å². The Morgan fingerprint density at radius 3 is 3.04 bits per heavy atom. The number of fused-ring (bicyclic) bond motifs is 1. The van der Waals surface area contributed by atoms with Crippen LogP contribution in [-0.2, 0) is 16.1 Å². The summed E-state index contributed by atoms with van der Waals surface area (Å²) in [5, 5.41) is 0.626. The molecule has 0 spiro atoms. The average Bonchev–Trinajstić information content (AvgIpc) is 3.33. The Kier molecular flexibility index (Phi) is 5.66. The lowest BCUT2D eigenvalue weighted by atomic mass is 10.2. The molecule has 0 radical (unpaired) electrons. The molecule has 1 fully saturated rings. The summed E-state index contributed by atoms with van der Waals surface area (Å²) in [6.07, 6.45) is 6.04. The van der Waals surface area contributed by atoms with E-state index in [1.165, 1.54) is 0 Å². The number of halogens is 1. The highest BCUT2D eigenvalue weighted by atomic mass is 35.5. The Bertz CT molecular complexity index is 953. The van der Waals surface area contributed by atoms with E-state index in [9.17, 15) is 4.79 Å². The van der Waals surface area contributed by atoms with E-state index in [4.69, 9.17) is 21.1 Å². The number of pyridine rings is 1. The minimum Gasteiger partial charge on any atom is -0.455 e. The van der Waals surface area contributed by atoms with Gasteiger partial charge in [-0.25, -0.2) is 9.78 Å². The molecule has 1 saturated heterocycles. The molecule has 2 aromatic heterocycles. The molecule has 0 bridgehead atoms. The summed E-state index contributed by atoms with van der Waals surface area (Å²) in [4.78, 5) is 17.9. The molecule has 3 heterocycles. The molecule has 27 heavy (non-hydrogen) atoms. The van der Waals surface area contributed by atoms with E-state index in [-0.39, 0.29) is 18.7 Å². The highest BCUT2D eigenvalue weighted by Crippen LogP contribution is 2.27. The van der Waals surface area contributed by atoms with Gasteiger partial charge in [0.15, 0.2) is 0 Å². The van der Waals surface area contributed by atoms with Gasteiger partial charge in [0, 0.05) is 29.6 Å². The van der Waals surface area contributed by atoms with Crippen molar-refractivity contribution in [3.8, 4) is 0 Å². The van der Waals surface area contributed by atoms with Crippen LogP contribution in [0.25, 0.3) is 5.65 Å². The van der Waals surface area contributed by atoms with Crippen molar-refractivity contribution in [2.45, 2.75) is 30.4 Å². The number of imidazole rings is 1. The third kappa shape index (κ3) is 4.46. The van der Waals surface area contributed by atoms with Crippen molar-refractivity contribution < 1.29 is 14.3 Å². The molecule has 0 aliphatic carbocycles. The van der Waals surface area contributed by atoms with Crippen molar-refractivity contribution in [2.75, 3.05) is 12.4 Å². The summed E-state index contributed by atoms with van der Waals surface area (Å²) < 4.78 is 13.0. The molecule has 1 aromatic carbocycles. The maximum Gasteiger partial charge on any atom is 0.339 e. The number of aromatic nitrogens is 2. The molecule has 3 aromatic rings. The Morgan fingerprint density at radius 2 is 2.19 bits per heavy atom. The molecule has 0 amide bonds. The zero-order valence-corrected chi connectivity index (χ0v) is 16.2. The molecule has 1 aliphatic heterocycles. The lowest BCUT2D eigenvalue weighted by molar-refractivity contribution is 0.0464. The summed E-state index contributed by atoms with van der Waals surface area (Å²) in [7, 11) is 0. The van der Waals surface area contributed by atoms with Crippen LogP contribution in [-0.4, -0.2) is 33.8 Å². The third-order valence-corrected chi connectivity index (χ3v) is 5.80. The van der Waals surface area contributed by atoms with Crippen LogP contribution in [0.4, 0.5) is 0 Å². The van der Waals surface area contributed by atoms with Crippen molar-refractivity contribution in [3.63, 3.8) is 0 Å². The molecule has 4 rings (SSSR count). The molecular weight excluding hydrogens is 384 g/mol. The number of carbonyl (C=O) groups is 1.